The van der Waals surface area contributed by atoms with Crippen LogP contribution in [0.25, 0.3) is 0 Å². The quantitative estimate of drug-likeness (QED) is 0.856. The Labute approximate surface area is 129 Å². The lowest BCUT2D eigenvalue weighted by atomic mass is 9.86. The first kappa shape index (κ1) is 15.1. The summed E-state index contributed by atoms with van der Waals surface area (Å²) in [5.74, 6) is 1.02. The topological polar surface area (TPSA) is 15.3 Å². The van der Waals surface area contributed by atoms with Gasteiger partial charge in [0.2, 0.25) is 0 Å². The number of nitrogens with zero attached hydrogens (tertiary/aromatic N) is 1. The van der Waals surface area contributed by atoms with Crippen molar-refractivity contribution in [3.63, 3.8) is 0 Å². The van der Waals surface area contributed by atoms with E-state index in [2.05, 4.69) is 54.4 Å². The molecule has 0 aromatic heterocycles. The third kappa shape index (κ3) is 3.49. The first-order valence-electron chi connectivity index (χ1n) is 8.76. The van der Waals surface area contributed by atoms with Gasteiger partial charge in [-0.2, -0.15) is 0 Å². The first-order valence-corrected chi connectivity index (χ1v) is 8.76. The van der Waals surface area contributed by atoms with Gasteiger partial charge in [-0.3, -0.25) is 4.90 Å². The fourth-order valence-electron chi connectivity index (χ4n) is 3.69. The van der Waals surface area contributed by atoms with Gasteiger partial charge in [0, 0.05) is 19.1 Å². The van der Waals surface area contributed by atoms with E-state index in [0.717, 1.165) is 12.5 Å². The summed E-state index contributed by atoms with van der Waals surface area (Å²) in [6, 6.07) is 11.7. The number of hydrogen-bond acceptors (Lipinski definition) is 2. The normalized spacial score (nSPS) is 30.5. The van der Waals surface area contributed by atoms with E-state index in [1.165, 1.54) is 50.8 Å². The summed E-state index contributed by atoms with van der Waals surface area (Å²) in [6.07, 6.45) is 6.89. The van der Waals surface area contributed by atoms with Crippen LogP contribution in [0.15, 0.2) is 30.3 Å². The molecule has 0 bridgehead atoms. The highest BCUT2D eigenvalue weighted by Gasteiger charge is 2.39. The van der Waals surface area contributed by atoms with Crippen LogP contribution in [0.3, 0.4) is 0 Å². The van der Waals surface area contributed by atoms with Crippen LogP contribution < -0.4 is 5.32 Å². The Hall–Kier alpha value is -0.860. The van der Waals surface area contributed by atoms with E-state index < -0.39 is 0 Å². The van der Waals surface area contributed by atoms with Gasteiger partial charge in [-0.1, -0.05) is 56.5 Å². The number of benzene rings is 1. The summed E-state index contributed by atoms with van der Waals surface area (Å²) < 4.78 is 0. The lowest BCUT2D eigenvalue weighted by Crippen LogP contribution is -2.61. The number of piperazine rings is 1. The molecule has 1 N–H and O–H groups in total. The van der Waals surface area contributed by atoms with Crippen molar-refractivity contribution in [2.24, 2.45) is 5.92 Å². The maximum atomic E-state index is 3.80. The molecule has 1 aromatic rings. The molecular formula is C19H30N2. The molecule has 0 radical (unpaired) electrons. The minimum Gasteiger partial charge on any atom is -0.311 e. The Balaban J connectivity index is 1.75. The molecule has 1 aliphatic heterocycles. The van der Waals surface area contributed by atoms with Crippen molar-refractivity contribution in [3.8, 4) is 0 Å². The number of rotatable bonds is 6. The highest BCUT2D eigenvalue weighted by molar-refractivity contribution is 5.25. The molecule has 0 spiro atoms. The monoisotopic (exact) mass is 286 g/mol. The van der Waals surface area contributed by atoms with Gasteiger partial charge >= 0.3 is 0 Å². The molecule has 116 valence electrons. The van der Waals surface area contributed by atoms with Crippen LogP contribution in [0.1, 0.15) is 51.5 Å². The molecule has 1 saturated carbocycles. The molecule has 21 heavy (non-hydrogen) atoms. The molecule has 1 heterocycles. The molecule has 1 aromatic carbocycles. The highest BCUT2D eigenvalue weighted by Crippen LogP contribution is 2.36. The summed E-state index contributed by atoms with van der Waals surface area (Å²) >= 11 is 0. The average Bonchev–Trinajstić information content (AvgIpc) is 3.33. The van der Waals surface area contributed by atoms with E-state index in [9.17, 15) is 0 Å². The molecule has 2 unspecified atom stereocenters. The van der Waals surface area contributed by atoms with Crippen LogP contribution >= 0.6 is 0 Å². The van der Waals surface area contributed by atoms with Crippen LogP contribution in [-0.4, -0.2) is 30.6 Å². The lowest BCUT2D eigenvalue weighted by molar-refractivity contribution is 0.0451. The zero-order chi connectivity index (χ0) is 14.7. The van der Waals surface area contributed by atoms with Gasteiger partial charge in [0.1, 0.15) is 0 Å². The Morgan fingerprint density at radius 3 is 2.62 bits per heavy atom. The number of hydrogen-bond donors (Lipinski definition) is 1. The largest absolute Gasteiger partial charge is 0.311 e. The average molecular weight is 286 g/mol. The maximum Gasteiger partial charge on any atom is 0.0558 e. The van der Waals surface area contributed by atoms with E-state index >= 15 is 0 Å². The summed E-state index contributed by atoms with van der Waals surface area (Å²) in [7, 11) is 0. The SMILES string of the molecule is CCCC1CN(CCC2CC2)C(C)(c2ccccc2)CN1. The van der Waals surface area contributed by atoms with Crippen molar-refractivity contribution in [2.45, 2.75) is 57.5 Å². The standard InChI is InChI=1S/C19H30N2/c1-3-7-18-14-21(13-12-16-10-11-16)19(2,15-20-18)17-8-5-4-6-9-17/h4-6,8-9,16,18,20H,3,7,10-15H2,1-2H3. The molecule has 2 heteroatoms. The summed E-state index contributed by atoms with van der Waals surface area (Å²) in [4.78, 5) is 2.76. The lowest BCUT2D eigenvalue weighted by Gasteiger charge is -2.49. The second-order valence-corrected chi connectivity index (χ2v) is 7.18. The van der Waals surface area contributed by atoms with Crippen LogP contribution in [0.5, 0.6) is 0 Å². The van der Waals surface area contributed by atoms with Crippen molar-refractivity contribution in [1.82, 2.24) is 10.2 Å². The molecule has 0 amide bonds. The van der Waals surface area contributed by atoms with Gasteiger partial charge in [-0.25, -0.2) is 0 Å². The summed E-state index contributed by atoms with van der Waals surface area (Å²) in [5, 5.41) is 3.80. The van der Waals surface area contributed by atoms with Gasteiger partial charge in [0.05, 0.1) is 5.54 Å². The van der Waals surface area contributed by atoms with Gasteiger partial charge < -0.3 is 5.32 Å². The van der Waals surface area contributed by atoms with Crippen LogP contribution in [-0.2, 0) is 5.54 Å². The van der Waals surface area contributed by atoms with Crippen molar-refractivity contribution in [3.05, 3.63) is 35.9 Å². The molecule has 2 atom stereocenters. The number of nitrogens with one attached hydrogen (secondary N) is 1. The van der Waals surface area contributed by atoms with E-state index in [4.69, 9.17) is 0 Å². The fraction of sp³-hybridized carbons (Fsp3) is 0.684. The fourth-order valence-corrected chi connectivity index (χ4v) is 3.69. The minimum atomic E-state index is 0.153. The summed E-state index contributed by atoms with van der Waals surface area (Å²) in [5.41, 5.74) is 1.61. The second kappa shape index (κ2) is 6.50. The molecule has 3 rings (SSSR count). The van der Waals surface area contributed by atoms with Gasteiger partial charge in [0.25, 0.3) is 0 Å². The summed E-state index contributed by atoms with van der Waals surface area (Å²) in [6.45, 7) is 8.25. The molecule has 2 nitrogen and oxygen atoms in total. The third-order valence-corrected chi connectivity index (χ3v) is 5.41. The highest BCUT2D eigenvalue weighted by atomic mass is 15.3. The molecule has 1 saturated heterocycles. The van der Waals surface area contributed by atoms with Gasteiger partial charge in [-0.15, -0.1) is 0 Å². The van der Waals surface area contributed by atoms with E-state index in [0.29, 0.717) is 6.04 Å². The van der Waals surface area contributed by atoms with Gasteiger partial charge in [-0.05, 0) is 37.8 Å². The van der Waals surface area contributed by atoms with Crippen molar-refractivity contribution in [1.29, 1.82) is 0 Å². The van der Waals surface area contributed by atoms with Gasteiger partial charge in [0.15, 0.2) is 0 Å². The second-order valence-electron chi connectivity index (χ2n) is 7.18. The molecule has 2 fully saturated rings. The van der Waals surface area contributed by atoms with Crippen molar-refractivity contribution < 1.29 is 0 Å². The Morgan fingerprint density at radius 2 is 1.95 bits per heavy atom. The van der Waals surface area contributed by atoms with Crippen LogP contribution in [0.2, 0.25) is 0 Å². The van der Waals surface area contributed by atoms with Crippen LogP contribution in [0.4, 0.5) is 0 Å². The predicted octanol–water partition coefficient (Wildman–Crippen LogP) is 3.78. The van der Waals surface area contributed by atoms with E-state index in [-0.39, 0.29) is 5.54 Å². The van der Waals surface area contributed by atoms with E-state index in [1.807, 2.05) is 0 Å². The van der Waals surface area contributed by atoms with Crippen LogP contribution in [0, 0.1) is 5.92 Å². The Kier molecular flexibility index (Phi) is 4.66. The molecular weight excluding hydrogens is 256 g/mol. The predicted molar refractivity (Wildman–Crippen MR) is 89.4 cm³/mol. The van der Waals surface area contributed by atoms with E-state index in [1.54, 1.807) is 0 Å². The molecule has 2 aliphatic rings. The zero-order valence-corrected chi connectivity index (χ0v) is 13.6. The third-order valence-electron chi connectivity index (χ3n) is 5.41. The Bertz CT molecular complexity index is 440. The minimum absolute atomic E-state index is 0.153. The van der Waals surface area contributed by atoms with Crippen molar-refractivity contribution >= 4 is 0 Å². The Morgan fingerprint density at radius 1 is 1.19 bits per heavy atom. The molecule has 1 aliphatic carbocycles. The smallest absolute Gasteiger partial charge is 0.0558 e. The van der Waals surface area contributed by atoms with Crippen molar-refractivity contribution in [2.75, 3.05) is 19.6 Å². The maximum absolute atomic E-state index is 3.80. The first-order chi connectivity index (χ1) is 10.2. The zero-order valence-electron chi connectivity index (χ0n) is 13.6.